The second-order valence-electron chi connectivity index (χ2n) is 4.05. The molecule has 1 fully saturated rings. The van der Waals surface area contributed by atoms with E-state index in [2.05, 4.69) is 5.48 Å². The Morgan fingerprint density at radius 3 is 2.80 bits per heavy atom. The van der Waals surface area contributed by atoms with E-state index >= 15 is 0 Å². The van der Waals surface area contributed by atoms with Crippen LogP contribution in [0.2, 0.25) is 0 Å². The summed E-state index contributed by atoms with van der Waals surface area (Å²) in [6.07, 6.45) is 3.98. The van der Waals surface area contributed by atoms with Crippen LogP contribution in [0.4, 0.5) is 0 Å². The molecule has 90 valence electrons. The van der Waals surface area contributed by atoms with Crippen molar-refractivity contribution in [1.82, 2.24) is 5.48 Å². The number of hydrogen-bond acceptors (Lipinski definition) is 3. The maximum absolute atomic E-state index is 11.7. The predicted molar refractivity (Wildman–Crippen MR) is 61.6 cm³/mol. The van der Waals surface area contributed by atoms with Gasteiger partial charge in [0.2, 0.25) is 0 Å². The number of nitrogens with one attached hydrogen (secondary N) is 1. The van der Waals surface area contributed by atoms with Crippen molar-refractivity contribution < 1.29 is 9.63 Å². The second-order valence-corrected chi connectivity index (χ2v) is 4.05. The van der Waals surface area contributed by atoms with Gasteiger partial charge in [-0.05, 0) is 25.7 Å². The lowest BCUT2D eigenvalue weighted by Crippen LogP contribution is -2.59. The fourth-order valence-corrected chi connectivity index (χ4v) is 1.94. The minimum atomic E-state index is -0.729. The molecule has 1 amide bonds. The molecule has 5 heteroatoms. The molecule has 0 heterocycles. The maximum atomic E-state index is 11.7. The Bertz CT molecular complexity index is 214. The van der Waals surface area contributed by atoms with Crippen LogP contribution in [0.1, 0.15) is 39.5 Å². The molecular weight excluding hydrogens is 216 g/mol. The molecule has 2 unspecified atom stereocenters. The first-order valence-electron chi connectivity index (χ1n) is 5.32. The first-order chi connectivity index (χ1) is 6.61. The summed E-state index contributed by atoms with van der Waals surface area (Å²) in [5, 5.41) is 0. The van der Waals surface area contributed by atoms with Gasteiger partial charge in [0.05, 0.1) is 6.61 Å². The molecule has 4 nitrogen and oxygen atoms in total. The molecule has 0 radical (unpaired) electrons. The number of hydroxylamine groups is 1. The van der Waals surface area contributed by atoms with Crippen LogP contribution in [0.5, 0.6) is 0 Å². The third-order valence-electron chi connectivity index (χ3n) is 3.09. The fraction of sp³-hybridized carbons (Fsp3) is 0.900. The highest BCUT2D eigenvalue weighted by molar-refractivity contribution is 5.85. The van der Waals surface area contributed by atoms with E-state index in [-0.39, 0.29) is 24.2 Å². The molecule has 0 spiro atoms. The van der Waals surface area contributed by atoms with Gasteiger partial charge in [0.15, 0.2) is 0 Å². The van der Waals surface area contributed by atoms with E-state index in [1.807, 2.05) is 13.8 Å². The lowest BCUT2D eigenvalue weighted by molar-refractivity contribution is -0.142. The van der Waals surface area contributed by atoms with Crippen molar-refractivity contribution in [2.45, 2.75) is 45.1 Å². The summed E-state index contributed by atoms with van der Waals surface area (Å²) >= 11 is 0. The molecule has 1 aliphatic rings. The molecule has 3 N–H and O–H groups in total. The summed E-state index contributed by atoms with van der Waals surface area (Å²) in [5.74, 6) is 0.0586. The Morgan fingerprint density at radius 1 is 1.60 bits per heavy atom. The summed E-state index contributed by atoms with van der Waals surface area (Å²) in [6, 6.07) is 0. The highest BCUT2D eigenvalue weighted by atomic mass is 35.5. The number of carbonyl (C=O) groups excluding carboxylic acids is 1. The molecule has 0 bridgehead atoms. The van der Waals surface area contributed by atoms with Crippen LogP contribution >= 0.6 is 12.4 Å². The zero-order valence-corrected chi connectivity index (χ0v) is 10.2. The Hall–Kier alpha value is -0.320. The molecule has 0 aromatic heterocycles. The lowest BCUT2D eigenvalue weighted by Gasteiger charge is -2.37. The fourth-order valence-electron chi connectivity index (χ4n) is 1.94. The van der Waals surface area contributed by atoms with Crippen LogP contribution in [-0.2, 0) is 9.63 Å². The third-order valence-corrected chi connectivity index (χ3v) is 3.09. The molecule has 1 aliphatic carbocycles. The Kier molecular flexibility index (Phi) is 6.17. The summed E-state index contributed by atoms with van der Waals surface area (Å²) in [5.41, 5.74) is 7.78. The van der Waals surface area contributed by atoms with Crippen LogP contribution < -0.4 is 11.2 Å². The minimum absolute atomic E-state index is 0. The zero-order chi connectivity index (χ0) is 10.6. The van der Waals surface area contributed by atoms with Crippen LogP contribution in [0, 0.1) is 5.92 Å². The van der Waals surface area contributed by atoms with Gasteiger partial charge < -0.3 is 5.73 Å². The van der Waals surface area contributed by atoms with Gasteiger partial charge in [-0.1, -0.05) is 19.8 Å². The van der Waals surface area contributed by atoms with Crippen molar-refractivity contribution in [3.05, 3.63) is 0 Å². The SMILES string of the molecule is CCONC(=O)C1(N)CCCCC1C.Cl. The van der Waals surface area contributed by atoms with Crippen LogP contribution in [-0.4, -0.2) is 18.1 Å². The summed E-state index contributed by atoms with van der Waals surface area (Å²) < 4.78 is 0. The second kappa shape index (κ2) is 6.30. The molecule has 0 aromatic rings. The van der Waals surface area contributed by atoms with Gasteiger partial charge >= 0.3 is 0 Å². The molecular formula is C10H21ClN2O2. The van der Waals surface area contributed by atoms with E-state index in [1.165, 1.54) is 6.42 Å². The molecule has 0 aromatic carbocycles. The molecule has 2 atom stereocenters. The highest BCUT2D eigenvalue weighted by Gasteiger charge is 2.41. The molecule has 15 heavy (non-hydrogen) atoms. The number of carbonyl (C=O) groups is 1. The molecule has 1 saturated carbocycles. The number of nitrogens with two attached hydrogens (primary N) is 1. The first-order valence-corrected chi connectivity index (χ1v) is 5.32. The van der Waals surface area contributed by atoms with Gasteiger partial charge in [0.1, 0.15) is 5.54 Å². The quantitative estimate of drug-likeness (QED) is 0.728. The monoisotopic (exact) mass is 236 g/mol. The largest absolute Gasteiger partial charge is 0.317 e. The zero-order valence-electron chi connectivity index (χ0n) is 9.41. The molecule has 0 aliphatic heterocycles. The third kappa shape index (κ3) is 3.33. The molecule has 0 saturated heterocycles. The van der Waals surface area contributed by atoms with Gasteiger partial charge in [-0.3, -0.25) is 9.63 Å². The Labute approximate surface area is 97.3 Å². The predicted octanol–water partition coefficient (Wildman–Crippen LogP) is 1.38. The number of rotatable bonds is 3. The summed E-state index contributed by atoms with van der Waals surface area (Å²) in [7, 11) is 0. The van der Waals surface area contributed by atoms with Crippen molar-refractivity contribution >= 4 is 18.3 Å². The van der Waals surface area contributed by atoms with Crippen molar-refractivity contribution in [1.29, 1.82) is 0 Å². The van der Waals surface area contributed by atoms with E-state index in [9.17, 15) is 4.79 Å². The van der Waals surface area contributed by atoms with E-state index < -0.39 is 5.54 Å². The van der Waals surface area contributed by atoms with E-state index in [1.54, 1.807) is 0 Å². The van der Waals surface area contributed by atoms with Crippen LogP contribution in [0.3, 0.4) is 0 Å². The van der Waals surface area contributed by atoms with Crippen molar-refractivity contribution in [2.24, 2.45) is 11.7 Å². The van der Waals surface area contributed by atoms with Gasteiger partial charge in [0.25, 0.3) is 5.91 Å². The van der Waals surface area contributed by atoms with Gasteiger partial charge in [-0.2, -0.15) is 0 Å². The molecule has 1 rings (SSSR count). The number of amides is 1. The van der Waals surface area contributed by atoms with Gasteiger partial charge in [0, 0.05) is 0 Å². The van der Waals surface area contributed by atoms with Crippen LogP contribution in [0.15, 0.2) is 0 Å². The minimum Gasteiger partial charge on any atom is -0.317 e. The first kappa shape index (κ1) is 14.7. The van der Waals surface area contributed by atoms with Crippen LogP contribution in [0.25, 0.3) is 0 Å². The van der Waals surface area contributed by atoms with Crippen molar-refractivity contribution in [2.75, 3.05) is 6.61 Å². The smallest absolute Gasteiger partial charge is 0.263 e. The average Bonchev–Trinajstić information content (AvgIpc) is 2.19. The maximum Gasteiger partial charge on any atom is 0.263 e. The summed E-state index contributed by atoms with van der Waals surface area (Å²) in [4.78, 5) is 16.6. The number of hydrogen-bond donors (Lipinski definition) is 2. The topological polar surface area (TPSA) is 64.3 Å². The van der Waals surface area contributed by atoms with E-state index in [0.717, 1.165) is 19.3 Å². The lowest BCUT2D eigenvalue weighted by atomic mass is 9.74. The highest BCUT2D eigenvalue weighted by Crippen LogP contribution is 2.31. The van der Waals surface area contributed by atoms with Gasteiger partial charge in [-0.25, -0.2) is 5.48 Å². The van der Waals surface area contributed by atoms with Crippen molar-refractivity contribution in [3.63, 3.8) is 0 Å². The van der Waals surface area contributed by atoms with Crippen molar-refractivity contribution in [3.8, 4) is 0 Å². The normalized spacial score (nSPS) is 30.5. The average molecular weight is 237 g/mol. The summed E-state index contributed by atoms with van der Waals surface area (Å²) in [6.45, 7) is 4.33. The van der Waals surface area contributed by atoms with E-state index in [0.29, 0.717) is 6.61 Å². The van der Waals surface area contributed by atoms with Gasteiger partial charge in [-0.15, -0.1) is 12.4 Å². The Balaban J connectivity index is 0.00000196. The number of halogens is 1. The Morgan fingerprint density at radius 2 is 2.27 bits per heavy atom. The van der Waals surface area contributed by atoms with E-state index in [4.69, 9.17) is 10.6 Å². The standard InChI is InChI=1S/C10H20N2O2.ClH/c1-3-14-12-9(13)10(11)7-5-4-6-8(10)2;/h8H,3-7,11H2,1-2H3,(H,12,13);1H.